The van der Waals surface area contributed by atoms with Crippen LogP contribution in [0.2, 0.25) is 0 Å². The quantitative estimate of drug-likeness (QED) is 0.584. The predicted molar refractivity (Wildman–Crippen MR) is 117 cm³/mol. The summed E-state index contributed by atoms with van der Waals surface area (Å²) in [6.07, 6.45) is 3.39. The molecule has 1 fully saturated rings. The second-order valence-electron chi connectivity index (χ2n) is 7.12. The number of nitrogens with zero attached hydrogens (tertiary/aromatic N) is 5. The van der Waals surface area contributed by atoms with Gasteiger partial charge in [-0.15, -0.1) is 10.2 Å². The molecule has 31 heavy (non-hydrogen) atoms. The Morgan fingerprint density at radius 3 is 2.45 bits per heavy atom. The van der Waals surface area contributed by atoms with Crippen molar-refractivity contribution in [1.82, 2.24) is 19.5 Å². The van der Waals surface area contributed by atoms with E-state index in [2.05, 4.69) is 20.5 Å². The maximum absolute atomic E-state index is 13.0. The topological polar surface area (TPSA) is 108 Å². The molecule has 0 bridgehead atoms. The molecule has 2 aromatic heterocycles. The van der Waals surface area contributed by atoms with E-state index in [-0.39, 0.29) is 10.7 Å². The summed E-state index contributed by atoms with van der Waals surface area (Å²) in [5.74, 6) is 1.12. The number of Topliss-reactive ketones (excluding diaryl/α,β-unsaturated/α-hetero) is 1. The molecule has 10 heteroatoms. The Kier molecular flexibility index (Phi) is 5.92. The number of pyridine rings is 1. The third-order valence-corrected chi connectivity index (χ3v) is 6.92. The molecule has 0 atom stereocenters. The molecule has 160 valence electrons. The van der Waals surface area contributed by atoms with E-state index in [1.165, 1.54) is 23.4 Å². The summed E-state index contributed by atoms with van der Waals surface area (Å²) in [5, 5.41) is 11.6. The second kappa shape index (κ2) is 8.78. The average molecular weight is 439 g/mol. The van der Waals surface area contributed by atoms with Crippen molar-refractivity contribution in [3.05, 3.63) is 66.5 Å². The number of rotatable bonds is 6. The fourth-order valence-electron chi connectivity index (χ4n) is 3.33. The maximum Gasteiger partial charge on any atom is 0.243 e. The summed E-state index contributed by atoms with van der Waals surface area (Å²) < 4.78 is 27.4. The molecule has 1 saturated heterocycles. The Balaban J connectivity index is 1.40. The van der Waals surface area contributed by atoms with Crippen LogP contribution in [0.3, 0.4) is 0 Å². The summed E-state index contributed by atoms with van der Waals surface area (Å²) in [6.45, 7) is 3.06. The molecule has 0 radical (unpaired) electrons. The van der Waals surface area contributed by atoms with Crippen molar-refractivity contribution in [1.29, 1.82) is 0 Å². The first-order valence-electron chi connectivity index (χ1n) is 9.80. The van der Waals surface area contributed by atoms with Gasteiger partial charge in [0.1, 0.15) is 0 Å². The van der Waals surface area contributed by atoms with E-state index in [1.54, 1.807) is 24.5 Å². The summed E-state index contributed by atoms with van der Waals surface area (Å²) in [6, 6.07) is 13.6. The average Bonchev–Trinajstić information content (AvgIpc) is 2.80. The van der Waals surface area contributed by atoms with E-state index in [4.69, 9.17) is 0 Å². The Labute approximate surface area is 180 Å². The molecule has 0 aliphatic carbocycles. The van der Waals surface area contributed by atoms with Gasteiger partial charge in [0, 0.05) is 37.9 Å². The number of sulfonamides is 1. The number of hydrogen-bond acceptors (Lipinski definition) is 8. The molecule has 0 amide bonds. The van der Waals surface area contributed by atoms with Crippen molar-refractivity contribution < 1.29 is 13.2 Å². The van der Waals surface area contributed by atoms with Gasteiger partial charge >= 0.3 is 0 Å². The molecule has 0 saturated carbocycles. The fraction of sp³-hybridized carbons (Fsp3) is 0.238. The Bertz CT molecular complexity index is 1160. The number of aromatic nitrogens is 3. The third-order valence-electron chi connectivity index (χ3n) is 5.03. The number of carbonyl (C=O) groups excluding carboxylic acids is 1. The molecule has 3 heterocycles. The highest BCUT2D eigenvalue weighted by Gasteiger charge is 2.29. The van der Waals surface area contributed by atoms with Crippen LogP contribution in [0.4, 0.5) is 17.3 Å². The van der Waals surface area contributed by atoms with Crippen LogP contribution in [0.5, 0.6) is 0 Å². The fourth-order valence-corrected chi connectivity index (χ4v) is 4.80. The largest absolute Gasteiger partial charge is 0.352 e. The summed E-state index contributed by atoms with van der Waals surface area (Å²) in [4.78, 5) is 17.8. The lowest BCUT2D eigenvalue weighted by atomic mass is 10.2. The first-order chi connectivity index (χ1) is 14.9. The Hall–Kier alpha value is -3.37. The number of benzene rings is 1. The van der Waals surface area contributed by atoms with E-state index >= 15 is 0 Å². The van der Waals surface area contributed by atoms with Gasteiger partial charge in [-0.25, -0.2) is 8.42 Å². The molecule has 3 aromatic rings. The highest BCUT2D eigenvalue weighted by Crippen LogP contribution is 2.22. The van der Waals surface area contributed by atoms with Gasteiger partial charge in [0.15, 0.2) is 17.4 Å². The van der Waals surface area contributed by atoms with Gasteiger partial charge in [0.2, 0.25) is 10.0 Å². The second-order valence-corrected chi connectivity index (χ2v) is 9.06. The van der Waals surface area contributed by atoms with Crippen molar-refractivity contribution in [2.75, 3.05) is 36.4 Å². The summed E-state index contributed by atoms with van der Waals surface area (Å²) >= 11 is 0. The van der Waals surface area contributed by atoms with Gasteiger partial charge < -0.3 is 10.2 Å². The minimum absolute atomic E-state index is 0.138. The first-order valence-corrected chi connectivity index (χ1v) is 11.2. The predicted octanol–water partition coefficient (Wildman–Crippen LogP) is 2.33. The van der Waals surface area contributed by atoms with Crippen LogP contribution in [0.15, 0.2) is 65.8 Å². The van der Waals surface area contributed by atoms with Crippen molar-refractivity contribution in [3.8, 4) is 0 Å². The molecule has 1 aliphatic heterocycles. The zero-order valence-corrected chi connectivity index (χ0v) is 17.8. The van der Waals surface area contributed by atoms with Gasteiger partial charge in [-0.3, -0.25) is 9.78 Å². The van der Waals surface area contributed by atoms with E-state index in [0.717, 1.165) is 5.69 Å². The minimum atomic E-state index is -3.66. The maximum atomic E-state index is 13.0. The summed E-state index contributed by atoms with van der Waals surface area (Å²) in [5.41, 5.74) is 1.20. The molecule has 0 unspecified atom stereocenters. The molecule has 0 spiro atoms. The van der Waals surface area contributed by atoms with Gasteiger partial charge in [0.25, 0.3) is 0 Å². The third kappa shape index (κ3) is 4.70. The molecular weight excluding hydrogens is 416 g/mol. The molecule has 9 nitrogen and oxygen atoms in total. The van der Waals surface area contributed by atoms with Crippen LogP contribution >= 0.6 is 0 Å². The number of ketones is 1. The van der Waals surface area contributed by atoms with E-state index in [1.807, 2.05) is 29.2 Å². The highest BCUT2D eigenvalue weighted by molar-refractivity contribution is 7.89. The van der Waals surface area contributed by atoms with Crippen LogP contribution in [-0.4, -0.2) is 59.9 Å². The molecule has 4 rings (SSSR count). The molecular formula is C21H22N6O3S. The van der Waals surface area contributed by atoms with E-state index in [0.29, 0.717) is 43.4 Å². The van der Waals surface area contributed by atoms with Gasteiger partial charge in [-0.05, 0) is 43.3 Å². The lowest BCUT2D eigenvalue weighted by Gasteiger charge is -2.34. The van der Waals surface area contributed by atoms with Crippen LogP contribution in [0.1, 0.15) is 17.3 Å². The number of carbonyl (C=O) groups is 1. The summed E-state index contributed by atoms with van der Waals surface area (Å²) in [7, 11) is -3.66. The van der Waals surface area contributed by atoms with E-state index in [9.17, 15) is 13.2 Å². The Morgan fingerprint density at radius 1 is 1.00 bits per heavy atom. The standard InChI is InChI=1S/C21H22N6O3S/c1-16(28)17-4-2-6-19(14-17)31(29,30)27-12-10-26(11-13-27)21-8-7-20(24-25-21)23-18-5-3-9-22-15-18/h2-9,14-15H,10-13H2,1H3,(H,23,24). The van der Waals surface area contributed by atoms with Crippen LogP contribution < -0.4 is 10.2 Å². The zero-order chi connectivity index (χ0) is 21.8. The number of piperazine rings is 1. The smallest absolute Gasteiger partial charge is 0.243 e. The van der Waals surface area contributed by atoms with Crippen LogP contribution in [0, 0.1) is 0 Å². The molecule has 1 N–H and O–H groups in total. The first kappa shape index (κ1) is 20.9. The van der Waals surface area contributed by atoms with E-state index < -0.39 is 10.0 Å². The number of hydrogen-bond donors (Lipinski definition) is 1. The van der Waals surface area contributed by atoms with Crippen molar-refractivity contribution in [2.45, 2.75) is 11.8 Å². The van der Waals surface area contributed by atoms with Gasteiger partial charge in [0.05, 0.1) is 16.8 Å². The zero-order valence-electron chi connectivity index (χ0n) is 17.0. The van der Waals surface area contributed by atoms with Crippen molar-refractivity contribution in [2.24, 2.45) is 0 Å². The number of anilines is 3. The SMILES string of the molecule is CC(=O)c1cccc(S(=O)(=O)N2CCN(c3ccc(Nc4cccnc4)nn3)CC2)c1. The van der Waals surface area contributed by atoms with Crippen molar-refractivity contribution >= 4 is 33.1 Å². The normalized spacial score (nSPS) is 14.9. The van der Waals surface area contributed by atoms with Crippen LogP contribution in [-0.2, 0) is 10.0 Å². The molecule has 1 aliphatic rings. The lowest BCUT2D eigenvalue weighted by Crippen LogP contribution is -2.49. The number of nitrogens with one attached hydrogen (secondary N) is 1. The molecule has 1 aromatic carbocycles. The van der Waals surface area contributed by atoms with Crippen molar-refractivity contribution in [3.63, 3.8) is 0 Å². The minimum Gasteiger partial charge on any atom is -0.352 e. The van der Waals surface area contributed by atoms with Crippen LogP contribution in [0.25, 0.3) is 0 Å². The van der Waals surface area contributed by atoms with Gasteiger partial charge in [-0.2, -0.15) is 4.31 Å². The van der Waals surface area contributed by atoms with Gasteiger partial charge in [-0.1, -0.05) is 12.1 Å². The monoisotopic (exact) mass is 438 g/mol. The Morgan fingerprint density at radius 2 is 1.81 bits per heavy atom. The lowest BCUT2D eigenvalue weighted by molar-refractivity contribution is 0.101. The highest BCUT2D eigenvalue weighted by atomic mass is 32.2.